The van der Waals surface area contributed by atoms with E-state index in [4.69, 9.17) is 11.6 Å². The van der Waals surface area contributed by atoms with Gasteiger partial charge in [0.05, 0.1) is 11.4 Å². The largest absolute Gasteiger partial charge is 0.325 e. The number of anilines is 2. The number of aryl methyl sites for hydroxylation is 1. The third-order valence-electron chi connectivity index (χ3n) is 2.80. The summed E-state index contributed by atoms with van der Waals surface area (Å²) in [6, 6.07) is 17.4. The topological polar surface area (TPSA) is 42.7 Å². The molecule has 0 unspecified atom stereocenters. The van der Waals surface area contributed by atoms with Gasteiger partial charge in [-0.3, -0.25) is 0 Å². The van der Waals surface area contributed by atoms with Gasteiger partial charge in [-0.1, -0.05) is 35.9 Å². The van der Waals surface area contributed by atoms with E-state index >= 15 is 0 Å². The van der Waals surface area contributed by atoms with Crippen molar-refractivity contribution >= 4 is 23.2 Å². The van der Waals surface area contributed by atoms with E-state index in [9.17, 15) is 0 Å². The number of rotatable bonds is 3. The summed E-state index contributed by atoms with van der Waals surface area (Å²) in [7, 11) is 0. The molecule has 0 saturated carbocycles. The Bertz CT molecular complexity index is 722. The van der Waals surface area contributed by atoms with Crippen LogP contribution in [0.4, 0.5) is 11.6 Å². The molecule has 1 N–H and O–H groups in total. The van der Waals surface area contributed by atoms with Crippen LogP contribution in [0.3, 0.4) is 0 Å². The number of pyridine rings is 1. The quantitative estimate of drug-likeness (QED) is 0.740. The second kappa shape index (κ2) is 5.35. The summed E-state index contributed by atoms with van der Waals surface area (Å²) >= 11 is 5.90. The minimum absolute atomic E-state index is 0.456. The van der Waals surface area contributed by atoms with Crippen LogP contribution in [-0.2, 0) is 0 Å². The summed E-state index contributed by atoms with van der Waals surface area (Å²) in [5.74, 6) is 1.54. The molecule has 0 aliphatic heterocycles. The SMILES string of the molecule is Cc1cc(Nc2cccc(Cl)n2)n(-c2ccccc2)n1. The van der Waals surface area contributed by atoms with Crippen molar-refractivity contribution in [3.63, 3.8) is 0 Å². The van der Waals surface area contributed by atoms with Crippen LogP contribution in [0.1, 0.15) is 5.69 Å². The van der Waals surface area contributed by atoms with Crippen LogP contribution in [0.25, 0.3) is 5.69 Å². The van der Waals surface area contributed by atoms with E-state index in [1.165, 1.54) is 0 Å². The van der Waals surface area contributed by atoms with Crippen molar-refractivity contribution in [3.05, 3.63) is 65.4 Å². The highest BCUT2D eigenvalue weighted by Gasteiger charge is 2.08. The highest BCUT2D eigenvalue weighted by Crippen LogP contribution is 2.21. The van der Waals surface area contributed by atoms with E-state index in [0.29, 0.717) is 11.0 Å². The second-order valence-corrected chi connectivity index (χ2v) is 4.78. The Kier molecular flexibility index (Phi) is 3.39. The van der Waals surface area contributed by atoms with Crippen LogP contribution in [0.15, 0.2) is 54.6 Å². The highest BCUT2D eigenvalue weighted by molar-refractivity contribution is 6.29. The molecule has 0 aliphatic rings. The molecule has 0 spiro atoms. The summed E-state index contributed by atoms with van der Waals surface area (Å²) < 4.78 is 1.85. The Hall–Kier alpha value is -2.33. The van der Waals surface area contributed by atoms with Gasteiger partial charge in [-0.15, -0.1) is 0 Å². The summed E-state index contributed by atoms with van der Waals surface area (Å²) in [5.41, 5.74) is 1.92. The van der Waals surface area contributed by atoms with Crippen LogP contribution >= 0.6 is 11.6 Å². The monoisotopic (exact) mass is 284 g/mol. The van der Waals surface area contributed by atoms with E-state index in [0.717, 1.165) is 17.2 Å². The van der Waals surface area contributed by atoms with E-state index in [2.05, 4.69) is 15.4 Å². The standard InChI is InChI=1S/C15H13ClN4/c1-11-10-15(18-14-9-5-8-13(16)17-14)20(19-11)12-6-3-2-4-7-12/h2-10H,1H3,(H,17,18). The Morgan fingerprint density at radius 3 is 2.60 bits per heavy atom. The fourth-order valence-corrected chi connectivity index (χ4v) is 2.13. The van der Waals surface area contributed by atoms with Crippen LogP contribution in [0.5, 0.6) is 0 Å². The van der Waals surface area contributed by atoms with Crippen molar-refractivity contribution in [3.8, 4) is 5.69 Å². The van der Waals surface area contributed by atoms with E-state index in [1.807, 2.05) is 60.1 Å². The molecular weight excluding hydrogens is 272 g/mol. The molecule has 20 heavy (non-hydrogen) atoms. The Balaban J connectivity index is 1.98. The molecule has 0 fully saturated rings. The van der Waals surface area contributed by atoms with Crippen LogP contribution in [0.2, 0.25) is 5.15 Å². The minimum Gasteiger partial charge on any atom is -0.325 e. The fourth-order valence-electron chi connectivity index (χ4n) is 1.96. The zero-order valence-electron chi connectivity index (χ0n) is 10.9. The first-order chi connectivity index (χ1) is 9.72. The molecule has 0 amide bonds. The van der Waals surface area contributed by atoms with Gasteiger partial charge in [-0.2, -0.15) is 5.10 Å². The first-order valence-electron chi connectivity index (χ1n) is 6.24. The van der Waals surface area contributed by atoms with Gasteiger partial charge in [-0.25, -0.2) is 9.67 Å². The molecule has 0 aliphatic carbocycles. The van der Waals surface area contributed by atoms with Gasteiger partial charge in [-0.05, 0) is 31.2 Å². The summed E-state index contributed by atoms with van der Waals surface area (Å²) in [6.07, 6.45) is 0. The molecule has 0 atom stereocenters. The van der Waals surface area contributed by atoms with Gasteiger partial charge in [0.25, 0.3) is 0 Å². The average Bonchev–Trinajstić information content (AvgIpc) is 2.80. The maximum Gasteiger partial charge on any atom is 0.135 e. The highest BCUT2D eigenvalue weighted by atomic mass is 35.5. The molecular formula is C15H13ClN4. The number of halogens is 1. The van der Waals surface area contributed by atoms with Gasteiger partial charge in [0.2, 0.25) is 0 Å². The molecule has 100 valence electrons. The first kappa shape index (κ1) is 12.7. The molecule has 3 aromatic rings. The summed E-state index contributed by atoms with van der Waals surface area (Å²) in [6.45, 7) is 1.95. The van der Waals surface area contributed by atoms with Gasteiger partial charge in [0.15, 0.2) is 0 Å². The van der Waals surface area contributed by atoms with E-state index < -0.39 is 0 Å². The molecule has 4 nitrogen and oxygen atoms in total. The van der Waals surface area contributed by atoms with Crippen LogP contribution in [-0.4, -0.2) is 14.8 Å². The number of benzene rings is 1. The maximum atomic E-state index is 5.90. The number of hydrogen-bond acceptors (Lipinski definition) is 3. The van der Waals surface area contributed by atoms with Crippen LogP contribution < -0.4 is 5.32 Å². The number of nitrogens with one attached hydrogen (secondary N) is 1. The predicted octanol–water partition coefficient (Wildman–Crippen LogP) is 3.97. The van der Waals surface area contributed by atoms with E-state index in [1.54, 1.807) is 6.07 Å². The lowest BCUT2D eigenvalue weighted by atomic mass is 10.3. The third kappa shape index (κ3) is 2.65. The number of nitrogens with zero attached hydrogens (tertiary/aromatic N) is 3. The molecule has 3 rings (SSSR count). The van der Waals surface area contributed by atoms with Crippen molar-refractivity contribution in [2.75, 3.05) is 5.32 Å². The summed E-state index contributed by atoms with van der Waals surface area (Å²) in [4.78, 5) is 4.23. The number of aromatic nitrogens is 3. The molecule has 0 bridgehead atoms. The lowest BCUT2D eigenvalue weighted by Gasteiger charge is -2.09. The van der Waals surface area contributed by atoms with Crippen molar-refractivity contribution in [1.82, 2.24) is 14.8 Å². The molecule has 0 radical (unpaired) electrons. The fraction of sp³-hybridized carbons (Fsp3) is 0.0667. The zero-order valence-corrected chi connectivity index (χ0v) is 11.7. The zero-order chi connectivity index (χ0) is 13.9. The van der Waals surface area contributed by atoms with Gasteiger partial charge >= 0.3 is 0 Å². The molecule has 1 aromatic carbocycles. The maximum absolute atomic E-state index is 5.90. The number of para-hydroxylation sites is 1. The predicted molar refractivity (Wildman–Crippen MR) is 80.8 cm³/mol. The third-order valence-corrected chi connectivity index (χ3v) is 3.01. The average molecular weight is 285 g/mol. The molecule has 5 heteroatoms. The Morgan fingerprint density at radius 2 is 1.85 bits per heavy atom. The lowest BCUT2D eigenvalue weighted by Crippen LogP contribution is -2.03. The normalized spacial score (nSPS) is 10.5. The molecule has 2 aromatic heterocycles. The Morgan fingerprint density at radius 1 is 1.05 bits per heavy atom. The van der Waals surface area contributed by atoms with Crippen molar-refractivity contribution in [2.45, 2.75) is 6.92 Å². The second-order valence-electron chi connectivity index (χ2n) is 4.39. The smallest absolute Gasteiger partial charge is 0.135 e. The van der Waals surface area contributed by atoms with Crippen molar-refractivity contribution < 1.29 is 0 Å². The van der Waals surface area contributed by atoms with Crippen molar-refractivity contribution in [1.29, 1.82) is 0 Å². The van der Waals surface area contributed by atoms with E-state index in [-0.39, 0.29) is 0 Å². The van der Waals surface area contributed by atoms with Gasteiger partial charge < -0.3 is 5.32 Å². The molecule has 2 heterocycles. The van der Waals surface area contributed by atoms with Crippen LogP contribution in [0, 0.1) is 6.92 Å². The van der Waals surface area contributed by atoms with Gasteiger partial charge in [0, 0.05) is 6.07 Å². The van der Waals surface area contributed by atoms with Gasteiger partial charge in [0.1, 0.15) is 16.8 Å². The Labute approximate surface area is 122 Å². The number of hydrogen-bond donors (Lipinski definition) is 1. The first-order valence-corrected chi connectivity index (χ1v) is 6.62. The summed E-state index contributed by atoms with van der Waals surface area (Å²) in [5, 5.41) is 8.19. The molecule has 0 saturated heterocycles. The van der Waals surface area contributed by atoms with Crippen molar-refractivity contribution in [2.24, 2.45) is 0 Å². The lowest BCUT2D eigenvalue weighted by molar-refractivity contribution is 0.868. The minimum atomic E-state index is 0.456.